The molecular weight excluding hydrogens is 361 g/mol. The van der Waals surface area contributed by atoms with Crippen molar-refractivity contribution in [2.45, 2.75) is 26.6 Å². The van der Waals surface area contributed by atoms with Crippen LogP contribution in [-0.4, -0.2) is 24.9 Å². The van der Waals surface area contributed by atoms with Gasteiger partial charge in [-0.25, -0.2) is 0 Å². The maximum absolute atomic E-state index is 12.7. The van der Waals surface area contributed by atoms with Crippen LogP contribution < -0.4 is 10.5 Å². The van der Waals surface area contributed by atoms with E-state index in [1.54, 1.807) is 32.9 Å². The van der Waals surface area contributed by atoms with Crippen molar-refractivity contribution in [3.63, 3.8) is 0 Å². The lowest BCUT2D eigenvalue weighted by atomic mass is 10.2. The van der Waals surface area contributed by atoms with E-state index in [1.165, 1.54) is 0 Å². The van der Waals surface area contributed by atoms with Gasteiger partial charge in [0.05, 0.1) is 24.3 Å². The molecule has 21 heavy (non-hydrogen) atoms. The van der Waals surface area contributed by atoms with Crippen LogP contribution in [0.2, 0.25) is 0 Å². The standard InChI is InChI=1S/C13H21BrNO5P/c1-4-18-11-8-9(7-10(14)12(11)16)13(15)21(17,19-5-2)20-6-3/h7-8,13,16H,4-6,15H2,1-3H3/t13-/m0/s1. The molecule has 0 aliphatic carbocycles. The van der Waals surface area contributed by atoms with Gasteiger partial charge in [-0.3, -0.25) is 4.57 Å². The zero-order valence-corrected chi connectivity index (χ0v) is 14.8. The van der Waals surface area contributed by atoms with Crippen LogP contribution in [0.5, 0.6) is 11.5 Å². The summed E-state index contributed by atoms with van der Waals surface area (Å²) >= 11 is 3.22. The molecule has 0 saturated heterocycles. The predicted octanol–water partition coefficient (Wildman–Crippen LogP) is 3.78. The van der Waals surface area contributed by atoms with Crippen LogP contribution in [0.1, 0.15) is 32.1 Å². The molecule has 1 atom stereocenters. The second-order valence-electron chi connectivity index (χ2n) is 4.10. The summed E-state index contributed by atoms with van der Waals surface area (Å²) in [4.78, 5) is 0. The monoisotopic (exact) mass is 381 g/mol. The highest BCUT2D eigenvalue weighted by molar-refractivity contribution is 9.10. The number of halogens is 1. The molecule has 0 unspecified atom stereocenters. The van der Waals surface area contributed by atoms with Gasteiger partial charge in [-0.05, 0) is 54.4 Å². The zero-order chi connectivity index (χ0) is 16.0. The number of phenols is 1. The van der Waals surface area contributed by atoms with Gasteiger partial charge in [0.1, 0.15) is 5.78 Å². The molecule has 1 rings (SSSR count). The fourth-order valence-electron chi connectivity index (χ4n) is 1.77. The number of nitrogens with two attached hydrogens (primary N) is 1. The minimum Gasteiger partial charge on any atom is -0.503 e. The molecule has 1 aromatic rings. The Morgan fingerprint density at radius 3 is 2.29 bits per heavy atom. The summed E-state index contributed by atoms with van der Waals surface area (Å²) in [5.74, 6) is -0.735. The summed E-state index contributed by atoms with van der Waals surface area (Å²) in [5.41, 5.74) is 6.55. The van der Waals surface area contributed by atoms with Crippen molar-refractivity contribution >= 4 is 23.5 Å². The number of rotatable bonds is 8. The first-order valence-electron chi connectivity index (χ1n) is 6.69. The van der Waals surface area contributed by atoms with E-state index >= 15 is 0 Å². The van der Waals surface area contributed by atoms with Gasteiger partial charge in [-0.15, -0.1) is 0 Å². The third-order valence-corrected chi connectivity index (χ3v) is 5.47. The van der Waals surface area contributed by atoms with Crippen LogP contribution in [0, 0.1) is 0 Å². The Morgan fingerprint density at radius 1 is 1.24 bits per heavy atom. The molecule has 1 aromatic carbocycles. The van der Waals surface area contributed by atoms with Crippen LogP contribution in [0.4, 0.5) is 0 Å². The van der Waals surface area contributed by atoms with Gasteiger partial charge < -0.3 is 24.6 Å². The second-order valence-corrected chi connectivity index (χ2v) is 7.11. The quantitative estimate of drug-likeness (QED) is 0.665. The van der Waals surface area contributed by atoms with Crippen LogP contribution >= 0.6 is 23.5 Å². The van der Waals surface area contributed by atoms with E-state index in [2.05, 4.69) is 15.9 Å². The summed E-state index contributed by atoms with van der Waals surface area (Å²) in [6.45, 7) is 6.07. The number of hydrogen-bond acceptors (Lipinski definition) is 6. The van der Waals surface area contributed by atoms with E-state index < -0.39 is 13.4 Å². The molecule has 0 fully saturated rings. The van der Waals surface area contributed by atoms with Crippen molar-refractivity contribution in [2.75, 3.05) is 19.8 Å². The number of aromatic hydroxyl groups is 1. The van der Waals surface area contributed by atoms with Gasteiger partial charge in [-0.2, -0.15) is 0 Å². The maximum Gasteiger partial charge on any atom is 0.351 e. The first-order chi connectivity index (χ1) is 9.89. The Kier molecular flexibility index (Phi) is 7.16. The van der Waals surface area contributed by atoms with E-state index in [0.29, 0.717) is 16.6 Å². The molecule has 120 valence electrons. The largest absolute Gasteiger partial charge is 0.503 e. The molecule has 0 radical (unpaired) electrons. The lowest BCUT2D eigenvalue weighted by Crippen LogP contribution is -2.15. The average molecular weight is 382 g/mol. The lowest BCUT2D eigenvalue weighted by molar-refractivity contribution is 0.212. The lowest BCUT2D eigenvalue weighted by Gasteiger charge is -2.24. The van der Waals surface area contributed by atoms with Gasteiger partial charge in [0.2, 0.25) is 0 Å². The number of benzene rings is 1. The molecule has 0 aliphatic rings. The maximum atomic E-state index is 12.7. The average Bonchev–Trinajstić information content (AvgIpc) is 2.43. The molecule has 8 heteroatoms. The molecular formula is C13H21BrNO5P. The van der Waals surface area contributed by atoms with Crippen LogP contribution in [0.15, 0.2) is 16.6 Å². The fourth-order valence-corrected chi connectivity index (χ4v) is 3.86. The fraction of sp³-hybridized carbons (Fsp3) is 0.538. The van der Waals surface area contributed by atoms with Crippen molar-refractivity contribution in [3.05, 3.63) is 22.2 Å². The summed E-state index contributed by atoms with van der Waals surface area (Å²) in [6.07, 6.45) is 0. The van der Waals surface area contributed by atoms with Gasteiger partial charge >= 0.3 is 7.60 Å². The normalized spacial score (nSPS) is 13.2. The van der Waals surface area contributed by atoms with Gasteiger partial charge in [0.15, 0.2) is 11.5 Å². The second kappa shape index (κ2) is 8.15. The molecule has 6 nitrogen and oxygen atoms in total. The smallest absolute Gasteiger partial charge is 0.351 e. The molecule has 0 aliphatic heterocycles. The van der Waals surface area contributed by atoms with E-state index in [9.17, 15) is 9.67 Å². The molecule has 0 heterocycles. The molecule has 0 amide bonds. The summed E-state index contributed by atoms with van der Waals surface area (Å²) in [7, 11) is -3.49. The van der Waals surface area contributed by atoms with Crippen molar-refractivity contribution in [1.29, 1.82) is 0 Å². The first kappa shape index (κ1) is 18.5. The van der Waals surface area contributed by atoms with E-state index in [0.717, 1.165) is 0 Å². The van der Waals surface area contributed by atoms with Crippen molar-refractivity contribution in [1.82, 2.24) is 0 Å². The van der Waals surface area contributed by atoms with E-state index in [-0.39, 0.29) is 24.7 Å². The minimum absolute atomic E-state index is 0.0320. The van der Waals surface area contributed by atoms with Crippen LogP contribution in [0.3, 0.4) is 0 Å². The van der Waals surface area contributed by atoms with Gasteiger partial charge in [-0.1, -0.05) is 0 Å². The van der Waals surface area contributed by atoms with Crippen molar-refractivity contribution in [3.8, 4) is 11.5 Å². The predicted molar refractivity (Wildman–Crippen MR) is 84.8 cm³/mol. The Balaban J connectivity index is 3.21. The first-order valence-corrected chi connectivity index (χ1v) is 9.09. The molecule has 0 bridgehead atoms. The SMILES string of the molecule is CCOc1cc([C@@H](N)P(=O)(OCC)OCC)cc(Br)c1O. The van der Waals surface area contributed by atoms with Gasteiger partial charge in [0.25, 0.3) is 0 Å². The van der Waals surface area contributed by atoms with Crippen molar-refractivity contribution < 1.29 is 23.5 Å². The summed E-state index contributed by atoms with van der Waals surface area (Å²) in [5, 5.41) is 9.90. The summed E-state index contributed by atoms with van der Waals surface area (Å²) < 4.78 is 28.9. The highest BCUT2D eigenvalue weighted by atomic mass is 79.9. The van der Waals surface area contributed by atoms with Crippen LogP contribution in [0.25, 0.3) is 0 Å². The molecule has 0 spiro atoms. The van der Waals surface area contributed by atoms with E-state index in [4.69, 9.17) is 19.5 Å². The summed E-state index contributed by atoms with van der Waals surface area (Å²) in [6, 6.07) is 3.12. The topological polar surface area (TPSA) is 91.0 Å². The highest BCUT2D eigenvalue weighted by Crippen LogP contribution is 2.59. The zero-order valence-electron chi connectivity index (χ0n) is 12.3. The minimum atomic E-state index is -3.49. The van der Waals surface area contributed by atoms with E-state index in [1.807, 2.05) is 0 Å². The van der Waals surface area contributed by atoms with Gasteiger partial charge in [0, 0.05) is 0 Å². The van der Waals surface area contributed by atoms with Crippen LogP contribution in [-0.2, 0) is 13.6 Å². The number of ether oxygens (including phenoxy) is 1. The Bertz CT molecular complexity index is 516. The Labute approximate surface area is 133 Å². The molecule has 0 saturated carbocycles. The number of hydrogen-bond donors (Lipinski definition) is 2. The highest BCUT2D eigenvalue weighted by Gasteiger charge is 2.34. The third-order valence-electron chi connectivity index (χ3n) is 2.65. The number of phenolic OH excluding ortho intramolecular Hbond substituents is 1. The van der Waals surface area contributed by atoms with Crippen molar-refractivity contribution in [2.24, 2.45) is 5.73 Å². The molecule has 0 aromatic heterocycles. The third kappa shape index (κ3) is 4.44. The molecule has 3 N–H and O–H groups in total. The Hall–Kier alpha value is -0.590. The Morgan fingerprint density at radius 2 is 1.81 bits per heavy atom.